The second kappa shape index (κ2) is 7.92. The molecule has 2 aliphatic rings. The Bertz CT molecular complexity index is 791. The third-order valence-electron chi connectivity index (χ3n) is 5.35. The number of hydrogen-bond donors (Lipinski definition) is 2. The van der Waals surface area contributed by atoms with E-state index in [2.05, 4.69) is 10.6 Å². The van der Waals surface area contributed by atoms with E-state index in [1.165, 1.54) is 17.7 Å². The van der Waals surface area contributed by atoms with E-state index in [-0.39, 0.29) is 11.8 Å². The summed E-state index contributed by atoms with van der Waals surface area (Å²) >= 11 is 3.24. The molecule has 4 nitrogen and oxygen atoms in total. The van der Waals surface area contributed by atoms with Gasteiger partial charge in [-0.3, -0.25) is 9.59 Å². The van der Waals surface area contributed by atoms with E-state index in [0.717, 1.165) is 47.5 Å². The van der Waals surface area contributed by atoms with Gasteiger partial charge in [-0.05, 0) is 61.5 Å². The van der Waals surface area contributed by atoms with Crippen LogP contribution in [0.5, 0.6) is 0 Å². The van der Waals surface area contributed by atoms with Gasteiger partial charge in [0, 0.05) is 16.2 Å². The summed E-state index contributed by atoms with van der Waals surface area (Å²) in [5, 5.41) is 8.87. The lowest BCUT2D eigenvalue weighted by Gasteiger charge is -2.24. The number of carbonyl (C=O) groups excluding carboxylic acids is 2. The topological polar surface area (TPSA) is 58.2 Å². The molecule has 2 heterocycles. The minimum Gasteiger partial charge on any atom is -0.347 e. The summed E-state index contributed by atoms with van der Waals surface area (Å²) in [5.74, 6) is 0.526. The van der Waals surface area contributed by atoms with E-state index < -0.39 is 0 Å². The summed E-state index contributed by atoms with van der Waals surface area (Å²) in [5.41, 5.74) is 1.87. The molecule has 0 spiro atoms. The van der Waals surface area contributed by atoms with Crippen molar-refractivity contribution in [2.24, 2.45) is 5.92 Å². The molecule has 2 N–H and O–H groups in total. The molecule has 0 bridgehead atoms. The van der Waals surface area contributed by atoms with E-state index in [1.807, 2.05) is 17.5 Å². The first-order valence-corrected chi connectivity index (χ1v) is 11.2. The zero-order chi connectivity index (χ0) is 17.9. The molecular weight excluding hydrogens is 364 g/mol. The molecule has 0 aliphatic heterocycles. The highest BCUT2D eigenvalue weighted by atomic mass is 32.1. The molecule has 0 unspecified atom stereocenters. The second-order valence-electron chi connectivity index (χ2n) is 7.23. The van der Waals surface area contributed by atoms with Gasteiger partial charge in [0.2, 0.25) is 5.91 Å². The van der Waals surface area contributed by atoms with Crippen LogP contribution in [0, 0.1) is 5.92 Å². The Labute approximate surface area is 162 Å². The number of nitrogens with one attached hydrogen (secondary N) is 2. The summed E-state index contributed by atoms with van der Waals surface area (Å²) in [6.45, 7) is 0.538. The van der Waals surface area contributed by atoms with Crippen LogP contribution in [-0.4, -0.2) is 11.8 Å². The van der Waals surface area contributed by atoms with Gasteiger partial charge < -0.3 is 10.6 Å². The number of anilines is 1. The van der Waals surface area contributed by atoms with Gasteiger partial charge in [-0.25, -0.2) is 0 Å². The van der Waals surface area contributed by atoms with Gasteiger partial charge in [0.05, 0.1) is 12.1 Å². The van der Waals surface area contributed by atoms with Crippen LogP contribution in [0.3, 0.4) is 0 Å². The number of amides is 2. The maximum absolute atomic E-state index is 12.9. The van der Waals surface area contributed by atoms with Crippen LogP contribution < -0.4 is 10.6 Å². The summed E-state index contributed by atoms with van der Waals surface area (Å²) in [6.07, 6.45) is 8.37. The predicted molar refractivity (Wildman–Crippen MR) is 107 cm³/mol. The lowest BCUT2D eigenvalue weighted by Crippen LogP contribution is -2.26. The Hall–Kier alpha value is -1.66. The highest BCUT2D eigenvalue weighted by molar-refractivity contribution is 7.17. The fourth-order valence-corrected chi connectivity index (χ4v) is 5.65. The maximum atomic E-state index is 12.9. The van der Waals surface area contributed by atoms with Gasteiger partial charge in [0.25, 0.3) is 5.91 Å². The Morgan fingerprint density at radius 2 is 2.00 bits per heavy atom. The molecule has 0 radical (unpaired) electrons. The van der Waals surface area contributed by atoms with Crippen LogP contribution in [0.25, 0.3) is 0 Å². The van der Waals surface area contributed by atoms with Crippen molar-refractivity contribution in [2.75, 3.05) is 5.32 Å². The smallest absolute Gasteiger partial charge is 0.254 e. The van der Waals surface area contributed by atoms with Crippen molar-refractivity contribution in [3.8, 4) is 0 Å². The Kier molecular flexibility index (Phi) is 5.41. The molecule has 0 saturated heterocycles. The molecule has 26 heavy (non-hydrogen) atoms. The van der Waals surface area contributed by atoms with Gasteiger partial charge in [0.1, 0.15) is 5.00 Å². The van der Waals surface area contributed by atoms with Crippen molar-refractivity contribution < 1.29 is 9.59 Å². The van der Waals surface area contributed by atoms with Crippen LogP contribution in [0.1, 0.15) is 64.2 Å². The number of fused-ring (bicyclic) bond motifs is 1. The Balaban J connectivity index is 1.51. The first kappa shape index (κ1) is 17.7. The molecule has 2 aliphatic carbocycles. The van der Waals surface area contributed by atoms with Crippen molar-refractivity contribution in [3.05, 3.63) is 38.4 Å². The third-order valence-corrected chi connectivity index (χ3v) is 7.44. The summed E-state index contributed by atoms with van der Waals surface area (Å²) < 4.78 is 0. The number of rotatable bonds is 6. The quantitative estimate of drug-likeness (QED) is 0.750. The van der Waals surface area contributed by atoms with Crippen LogP contribution >= 0.6 is 22.7 Å². The van der Waals surface area contributed by atoms with Crippen molar-refractivity contribution in [1.82, 2.24) is 5.32 Å². The largest absolute Gasteiger partial charge is 0.347 e. The number of thiophene rings is 2. The van der Waals surface area contributed by atoms with Gasteiger partial charge in [-0.2, -0.15) is 0 Å². The van der Waals surface area contributed by atoms with E-state index in [9.17, 15) is 9.59 Å². The van der Waals surface area contributed by atoms with Crippen LogP contribution in [0.4, 0.5) is 5.00 Å². The van der Waals surface area contributed by atoms with Gasteiger partial charge in [0.15, 0.2) is 0 Å². The number of aryl methyl sites for hydroxylation is 1. The molecule has 6 heteroatoms. The molecule has 1 fully saturated rings. The van der Waals surface area contributed by atoms with Crippen molar-refractivity contribution >= 4 is 39.5 Å². The predicted octanol–water partition coefficient (Wildman–Crippen LogP) is 4.75. The number of hydrogen-bond acceptors (Lipinski definition) is 4. The monoisotopic (exact) mass is 388 g/mol. The molecule has 4 rings (SSSR count). The van der Waals surface area contributed by atoms with Crippen molar-refractivity contribution in [3.63, 3.8) is 0 Å². The fraction of sp³-hybridized carbons (Fsp3) is 0.500. The lowest BCUT2D eigenvalue weighted by atomic mass is 9.83. The highest BCUT2D eigenvalue weighted by Crippen LogP contribution is 2.39. The van der Waals surface area contributed by atoms with Crippen LogP contribution in [-0.2, 0) is 24.2 Å². The van der Waals surface area contributed by atoms with Gasteiger partial charge in [-0.1, -0.05) is 12.5 Å². The molecule has 0 atom stereocenters. The van der Waals surface area contributed by atoms with Crippen LogP contribution in [0.2, 0.25) is 0 Å². The Morgan fingerprint density at radius 3 is 2.73 bits per heavy atom. The van der Waals surface area contributed by atoms with Crippen molar-refractivity contribution in [2.45, 2.75) is 57.9 Å². The molecule has 1 saturated carbocycles. The van der Waals surface area contributed by atoms with E-state index in [1.54, 1.807) is 22.7 Å². The first-order valence-electron chi connectivity index (χ1n) is 9.45. The normalized spacial score (nSPS) is 16.6. The average Bonchev–Trinajstić information content (AvgIpc) is 3.23. The minimum atomic E-state index is -0.0586. The molecule has 138 valence electrons. The third kappa shape index (κ3) is 3.86. The second-order valence-corrected chi connectivity index (χ2v) is 9.36. The van der Waals surface area contributed by atoms with Crippen molar-refractivity contribution in [1.29, 1.82) is 0 Å². The zero-order valence-electron chi connectivity index (χ0n) is 14.8. The van der Waals surface area contributed by atoms with E-state index >= 15 is 0 Å². The maximum Gasteiger partial charge on any atom is 0.254 e. The summed E-state index contributed by atoms with van der Waals surface area (Å²) in [6, 6.07) is 4.01. The standard InChI is InChI=1S/C20H24N2O2S2/c23-17(11-13-5-3-6-13)22-20-18(15-8-1-2-9-16(15)26-20)19(24)21-12-14-7-4-10-25-14/h4,7,10,13H,1-3,5-6,8-9,11-12H2,(H,21,24)(H,22,23). The molecule has 2 aromatic heterocycles. The van der Waals surface area contributed by atoms with Gasteiger partial charge in [-0.15, -0.1) is 22.7 Å². The average molecular weight is 389 g/mol. The highest BCUT2D eigenvalue weighted by Gasteiger charge is 2.27. The molecule has 2 aromatic rings. The fourth-order valence-electron chi connectivity index (χ4n) is 3.70. The molecule has 0 aromatic carbocycles. The van der Waals surface area contributed by atoms with E-state index in [4.69, 9.17) is 0 Å². The first-order chi connectivity index (χ1) is 12.7. The van der Waals surface area contributed by atoms with Gasteiger partial charge >= 0.3 is 0 Å². The zero-order valence-corrected chi connectivity index (χ0v) is 16.4. The number of carbonyl (C=O) groups is 2. The summed E-state index contributed by atoms with van der Waals surface area (Å²) in [4.78, 5) is 27.7. The van der Waals surface area contributed by atoms with E-state index in [0.29, 0.717) is 24.4 Å². The Morgan fingerprint density at radius 1 is 1.15 bits per heavy atom. The van der Waals surface area contributed by atoms with Crippen LogP contribution in [0.15, 0.2) is 17.5 Å². The molecule has 2 amide bonds. The lowest BCUT2D eigenvalue weighted by molar-refractivity contribution is -0.117. The molecular formula is C20H24N2O2S2. The summed E-state index contributed by atoms with van der Waals surface area (Å²) in [7, 11) is 0. The minimum absolute atomic E-state index is 0.0561. The SMILES string of the molecule is O=C(CC1CCC1)Nc1sc2c(c1C(=O)NCc1cccs1)CCCC2.